The van der Waals surface area contributed by atoms with Crippen LogP contribution in [0.5, 0.6) is 5.75 Å². The fourth-order valence-electron chi connectivity index (χ4n) is 2.85. The van der Waals surface area contributed by atoms with Crippen LogP contribution in [0.25, 0.3) is 0 Å². The standard InChI is InChI=1S/C19H20FN3O3/c20-15-3-5-16(6-4-15)22-9-11-23(12-10-22)19(25)14-1-7-17(8-2-14)26-13-18(21)24/h1-8H,9-13H2,(H2,21,24). The highest BCUT2D eigenvalue weighted by Crippen LogP contribution is 2.19. The molecule has 0 bridgehead atoms. The topological polar surface area (TPSA) is 75.9 Å². The average molecular weight is 357 g/mol. The Morgan fingerprint density at radius 2 is 1.58 bits per heavy atom. The first-order chi connectivity index (χ1) is 12.5. The molecule has 0 aliphatic carbocycles. The molecule has 1 saturated heterocycles. The molecular formula is C19H20FN3O3. The molecule has 2 aromatic rings. The summed E-state index contributed by atoms with van der Waals surface area (Å²) < 4.78 is 18.2. The van der Waals surface area contributed by atoms with Gasteiger partial charge < -0.3 is 20.3 Å². The number of piperazine rings is 1. The van der Waals surface area contributed by atoms with E-state index in [2.05, 4.69) is 4.90 Å². The van der Waals surface area contributed by atoms with Crippen LogP contribution in [0.3, 0.4) is 0 Å². The summed E-state index contributed by atoms with van der Waals surface area (Å²) in [7, 11) is 0. The van der Waals surface area contributed by atoms with Gasteiger partial charge in [-0.3, -0.25) is 9.59 Å². The van der Waals surface area contributed by atoms with Gasteiger partial charge in [0.2, 0.25) is 0 Å². The Kier molecular flexibility index (Phi) is 5.36. The maximum atomic E-state index is 13.0. The molecule has 7 heteroatoms. The van der Waals surface area contributed by atoms with E-state index in [-0.39, 0.29) is 18.3 Å². The van der Waals surface area contributed by atoms with Gasteiger partial charge in [-0.2, -0.15) is 0 Å². The summed E-state index contributed by atoms with van der Waals surface area (Å²) in [6.45, 7) is 2.37. The second kappa shape index (κ2) is 7.86. The molecule has 0 atom stereocenters. The molecule has 0 aromatic heterocycles. The van der Waals surface area contributed by atoms with Crippen LogP contribution in [0.15, 0.2) is 48.5 Å². The van der Waals surface area contributed by atoms with Crippen molar-refractivity contribution >= 4 is 17.5 Å². The Hall–Kier alpha value is -3.09. The highest BCUT2D eigenvalue weighted by molar-refractivity contribution is 5.94. The van der Waals surface area contributed by atoms with E-state index in [9.17, 15) is 14.0 Å². The molecular weight excluding hydrogens is 337 g/mol. The first kappa shape index (κ1) is 17.7. The number of carbonyl (C=O) groups is 2. The number of nitrogens with zero attached hydrogens (tertiary/aromatic N) is 2. The summed E-state index contributed by atoms with van der Waals surface area (Å²) in [6, 6.07) is 13.0. The van der Waals surface area contributed by atoms with Crippen LogP contribution in [0.4, 0.5) is 10.1 Å². The van der Waals surface area contributed by atoms with Crippen LogP contribution in [-0.2, 0) is 4.79 Å². The van der Waals surface area contributed by atoms with E-state index in [1.54, 1.807) is 41.3 Å². The minimum atomic E-state index is -0.552. The summed E-state index contributed by atoms with van der Waals surface area (Å²) in [6.07, 6.45) is 0. The Morgan fingerprint density at radius 3 is 2.15 bits per heavy atom. The Bertz CT molecular complexity index is 770. The van der Waals surface area contributed by atoms with Crippen molar-refractivity contribution in [3.8, 4) is 5.75 Å². The van der Waals surface area contributed by atoms with Gasteiger partial charge in [-0.1, -0.05) is 0 Å². The van der Waals surface area contributed by atoms with E-state index in [1.807, 2.05) is 0 Å². The van der Waals surface area contributed by atoms with Gasteiger partial charge in [0.1, 0.15) is 11.6 Å². The van der Waals surface area contributed by atoms with Gasteiger partial charge in [0.15, 0.2) is 6.61 Å². The summed E-state index contributed by atoms with van der Waals surface area (Å²) in [5, 5.41) is 0. The lowest BCUT2D eigenvalue weighted by atomic mass is 10.1. The minimum Gasteiger partial charge on any atom is -0.484 e. The van der Waals surface area contributed by atoms with Crippen LogP contribution >= 0.6 is 0 Å². The predicted octanol–water partition coefficient (Wildman–Crippen LogP) is 1.65. The molecule has 1 fully saturated rings. The van der Waals surface area contributed by atoms with Crippen molar-refractivity contribution in [1.29, 1.82) is 0 Å². The molecule has 26 heavy (non-hydrogen) atoms. The maximum absolute atomic E-state index is 13.0. The number of carbonyl (C=O) groups excluding carboxylic acids is 2. The molecule has 0 radical (unpaired) electrons. The normalized spacial score (nSPS) is 14.2. The molecule has 0 unspecified atom stereocenters. The second-order valence-electron chi connectivity index (χ2n) is 6.04. The third-order valence-corrected chi connectivity index (χ3v) is 4.24. The fraction of sp³-hybridized carbons (Fsp3) is 0.263. The van der Waals surface area contributed by atoms with Crippen molar-refractivity contribution in [2.45, 2.75) is 0 Å². The zero-order valence-corrected chi connectivity index (χ0v) is 14.2. The quantitative estimate of drug-likeness (QED) is 0.883. The van der Waals surface area contributed by atoms with Crippen molar-refractivity contribution in [3.05, 3.63) is 59.9 Å². The number of rotatable bonds is 5. The number of ether oxygens (including phenoxy) is 1. The maximum Gasteiger partial charge on any atom is 0.255 e. The van der Waals surface area contributed by atoms with Crippen LogP contribution in [0.1, 0.15) is 10.4 Å². The zero-order chi connectivity index (χ0) is 18.5. The van der Waals surface area contributed by atoms with Gasteiger partial charge in [0.05, 0.1) is 0 Å². The minimum absolute atomic E-state index is 0.0507. The lowest BCUT2D eigenvalue weighted by Crippen LogP contribution is -2.48. The molecule has 1 heterocycles. The highest BCUT2D eigenvalue weighted by atomic mass is 19.1. The van der Waals surface area contributed by atoms with E-state index in [1.165, 1.54) is 12.1 Å². The van der Waals surface area contributed by atoms with Gasteiger partial charge in [-0.05, 0) is 48.5 Å². The van der Waals surface area contributed by atoms with Crippen LogP contribution in [-0.4, -0.2) is 49.5 Å². The highest BCUT2D eigenvalue weighted by Gasteiger charge is 2.22. The van der Waals surface area contributed by atoms with Gasteiger partial charge in [-0.25, -0.2) is 4.39 Å². The Balaban J connectivity index is 1.56. The number of hydrogen-bond donors (Lipinski definition) is 1. The third kappa shape index (κ3) is 4.30. The Labute approximate surface area is 150 Å². The molecule has 1 aliphatic heterocycles. The first-order valence-electron chi connectivity index (χ1n) is 8.34. The van der Waals surface area contributed by atoms with Crippen molar-refractivity contribution in [2.75, 3.05) is 37.7 Å². The van der Waals surface area contributed by atoms with Gasteiger partial charge >= 0.3 is 0 Å². The van der Waals surface area contributed by atoms with E-state index >= 15 is 0 Å². The number of nitrogens with two attached hydrogens (primary N) is 1. The van der Waals surface area contributed by atoms with Crippen LogP contribution < -0.4 is 15.4 Å². The zero-order valence-electron chi connectivity index (χ0n) is 14.2. The largest absolute Gasteiger partial charge is 0.484 e. The monoisotopic (exact) mass is 357 g/mol. The van der Waals surface area contributed by atoms with E-state index in [4.69, 9.17) is 10.5 Å². The van der Waals surface area contributed by atoms with E-state index < -0.39 is 5.91 Å². The molecule has 1 aliphatic rings. The van der Waals surface area contributed by atoms with Crippen molar-refractivity contribution in [1.82, 2.24) is 4.90 Å². The molecule has 0 saturated carbocycles. The first-order valence-corrected chi connectivity index (χ1v) is 8.34. The lowest BCUT2D eigenvalue weighted by Gasteiger charge is -2.36. The molecule has 6 nitrogen and oxygen atoms in total. The van der Waals surface area contributed by atoms with Crippen molar-refractivity contribution in [2.24, 2.45) is 5.73 Å². The molecule has 2 amide bonds. The summed E-state index contributed by atoms with van der Waals surface area (Å²) in [5.41, 5.74) is 6.54. The number of primary amides is 1. The Morgan fingerprint density at radius 1 is 0.962 bits per heavy atom. The number of hydrogen-bond acceptors (Lipinski definition) is 4. The van der Waals surface area contributed by atoms with Gasteiger partial charge in [0, 0.05) is 37.4 Å². The molecule has 3 rings (SSSR count). The third-order valence-electron chi connectivity index (χ3n) is 4.24. The number of benzene rings is 2. The van der Waals surface area contributed by atoms with Crippen molar-refractivity contribution < 1.29 is 18.7 Å². The van der Waals surface area contributed by atoms with E-state index in [0.717, 1.165) is 5.69 Å². The fourth-order valence-corrected chi connectivity index (χ4v) is 2.85. The smallest absolute Gasteiger partial charge is 0.255 e. The SMILES string of the molecule is NC(=O)COc1ccc(C(=O)N2CCN(c3ccc(F)cc3)CC2)cc1. The summed E-state index contributed by atoms with van der Waals surface area (Å²) >= 11 is 0. The van der Waals surface area contributed by atoms with Gasteiger partial charge in [-0.15, -0.1) is 0 Å². The van der Waals surface area contributed by atoms with E-state index in [0.29, 0.717) is 37.5 Å². The van der Waals surface area contributed by atoms with Crippen LogP contribution in [0, 0.1) is 5.82 Å². The molecule has 2 aromatic carbocycles. The number of anilines is 1. The number of amides is 2. The molecule has 136 valence electrons. The molecule has 0 spiro atoms. The van der Waals surface area contributed by atoms with Gasteiger partial charge in [0.25, 0.3) is 11.8 Å². The summed E-state index contributed by atoms with van der Waals surface area (Å²) in [5.74, 6) is -0.373. The van der Waals surface area contributed by atoms with Crippen LogP contribution in [0.2, 0.25) is 0 Å². The number of halogens is 1. The second-order valence-corrected chi connectivity index (χ2v) is 6.04. The van der Waals surface area contributed by atoms with Crippen molar-refractivity contribution in [3.63, 3.8) is 0 Å². The predicted molar refractivity (Wildman–Crippen MR) is 95.6 cm³/mol. The summed E-state index contributed by atoms with van der Waals surface area (Å²) in [4.78, 5) is 27.2. The molecule has 2 N–H and O–H groups in total. The average Bonchev–Trinajstić information content (AvgIpc) is 2.67. The lowest BCUT2D eigenvalue weighted by molar-refractivity contribution is -0.119.